The quantitative estimate of drug-likeness (QED) is 0.769. The van der Waals surface area contributed by atoms with E-state index < -0.39 is 0 Å². The molecule has 0 amide bonds. The van der Waals surface area contributed by atoms with Gasteiger partial charge in [-0.3, -0.25) is 0 Å². The number of hydrogen-bond donors (Lipinski definition) is 0. The van der Waals surface area contributed by atoms with E-state index in [1.54, 1.807) is 0 Å². The molecule has 1 aliphatic carbocycles. The van der Waals surface area contributed by atoms with Gasteiger partial charge in [0.05, 0.1) is 6.61 Å². The zero-order chi connectivity index (χ0) is 9.97. The Kier molecular flexibility index (Phi) is 2.82. The molecule has 14 heavy (non-hydrogen) atoms. The van der Waals surface area contributed by atoms with Crippen LogP contribution < -0.4 is 4.74 Å². The normalized spacial score (nSPS) is 15.6. The summed E-state index contributed by atoms with van der Waals surface area (Å²) in [6, 6.07) is 0.355. The maximum atomic E-state index is 5.76. The first-order valence-corrected chi connectivity index (χ1v) is 5.21. The first-order chi connectivity index (χ1) is 6.79. The van der Waals surface area contributed by atoms with Crippen molar-refractivity contribution in [3.05, 3.63) is 11.1 Å². The molecule has 1 aliphatic rings. The largest absolute Gasteiger partial charge is 0.463 e. The first-order valence-electron chi connectivity index (χ1n) is 4.84. The highest BCUT2D eigenvalue weighted by atomic mass is 35.5. The van der Waals surface area contributed by atoms with Gasteiger partial charge in [-0.15, -0.1) is 0 Å². The number of rotatable bonds is 4. The van der Waals surface area contributed by atoms with Crippen molar-refractivity contribution >= 4 is 11.6 Å². The van der Waals surface area contributed by atoms with E-state index in [0.717, 1.165) is 25.1 Å². The highest BCUT2D eigenvalue weighted by Gasteiger charge is 2.27. The molecule has 0 N–H and O–H groups in total. The minimum atomic E-state index is 0.230. The Morgan fingerprint density at radius 2 is 2.14 bits per heavy atom. The third-order valence-electron chi connectivity index (χ3n) is 1.98. The Morgan fingerprint density at radius 3 is 2.79 bits per heavy atom. The maximum absolute atomic E-state index is 5.76. The van der Waals surface area contributed by atoms with Crippen LogP contribution in [0.15, 0.2) is 0 Å². The van der Waals surface area contributed by atoms with Crippen LogP contribution in [0.1, 0.15) is 37.9 Å². The van der Waals surface area contributed by atoms with Crippen LogP contribution in [-0.2, 0) is 0 Å². The molecule has 0 aromatic carbocycles. The van der Waals surface area contributed by atoms with E-state index in [0.29, 0.717) is 18.5 Å². The third kappa shape index (κ3) is 2.32. The van der Waals surface area contributed by atoms with Crippen LogP contribution in [0.2, 0.25) is 5.28 Å². The van der Waals surface area contributed by atoms with E-state index in [2.05, 4.69) is 15.0 Å². The van der Waals surface area contributed by atoms with Gasteiger partial charge in [0.2, 0.25) is 5.28 Å². The predicted octanol–water partition coefficient (Wildman–Crippen LogP) is 2.19. The number of hydrogen-bond acceptors (Lipinski definition) is 4. The smallest absolute Gasteiger partial charge is 0.320 e. The van der Waals surface area contributed by atoms with E-state index in [9.17, 15) is 0 Å². The lowest BCUT2D eigenvalue weighted by Crippen LogP contribution is -2.04. The van der Waals surface area contributed by atoms with Crippen molar-refractivity contribution in [2.24, 2.45) is 0 Å². The van der Waals surface area contributed by atoms with E-state index in [-0.39, 0.29) is 5.28 Å². The minimum Gasteiger partial charge on any atom is -0.463 e. The summed E-state index contributed by atoms with van der Waals surface area (Å²) >= 11 is 5.76. The number of ether oxygens (including phenoxy) is 1. The molecule has 0 aliphatic heterocycles. The highest BCUT2D eigenvalue weighted by Crippen LogP contribution is 2.38. The van der Waals surface area contributed by atoms with Gasteiger partial charge >= 0.3 is 6.01 Å². The molecule has 0 atom stereocenters. The van der Waals surface area contributed by atoms with Crippen LogP contribution in [0.5, 0.6) is 6.01 Å². The Bertz CT molecular complexity index is 328. The lowest BCUT2D eigenvalue weighted by Gasteiger charge is -2.03. The van der Waals surface area contributed by atoms with Gasteiger partial charge in [0.1, 0.15) is 5.82 Å². The SMILES string of the molecule is CCCOc1nc(Cl)nc(C2CC2)n1. The van der Waals surface area contributed by atoms with Crippen molar-refractivity contribution in [3.63, 3.8) is 0 Å². The monoisotopic (exact) mass is 213 g/mol. The summed E-state index contributed by atoms with van der Waals surface area (Å²) < 4.78 is 5.31. The Balaban J connectivity index is 2.13. The average Bonchev–Trinajstić information content (AvgIpc) is 2.97. The van der Waals surface area contributed by atoms with E-state index in [1.165, 1.54) is 0 Å². The Morgan fingerprint density at radius 1 is 1.36 bits per heavy atom. The number of aromatic nitrogens is 3. The van der Waals surface area contributed by atoms with Crippen molar-refractivity contribution in [1.82, 2.24) is 15.0 Å². The van der Waals surface area contributed by atoms with Crippen LogP contribution in [0.25, 0.3) is 0 Å². The van der Waals surface area contributed by atoms with Crippen molar-refractivity contribution in [3.8, 4) is 6.01 Å². The van der Waals surface area contributed by atoms with Gasteiger partial charge in [-0.05, 0) is 30.9 Å². The first kappa shape index (κ1) is 9.65. The maximum Gasteiger partial charge on any atom is 0.320 e. The van der Waals surface area contributed by atoms with Crippen LogP contribution in [0.3, 0.4) is 0 Å². The molecule has 0 unspecified atom stereocenters. The second-order valence-electron chi connectivity index (χ2n) is 3.37. The summed E-state index contributed by atoms with van der Waals surface area (Å²) in [5, 5.41) is 0.230. The van der Waals surface area contributed by atoms with Gasteiger partial charge in [-0.1, -0.05) is 6.92 Å². The van der Waals surface area contributed by atoms with E-state index in [4.69, 9.17) is 16.3 Å². The molecule has 5 heteroatoms. The molecule has 0 saturated heterocycles. The summed E-state index contributed by atoms with van der Waals surface area (Å²) in [7, 11) is 0. The summed E-state index contributed by atoms with van der Waals surface area (Å²) in [6.07, 6.45) is 3.23. The highest BCUT2D eigenvalue weighted by molar-refractivity contribution is 6.28. The second-order valence-corrected chi connectivity index (χ2v) is 3.71. The van der Waals surface area contributed by atoms with Gasteiger partial charge in [0.15, 0.2) is 0 Å². The summed E-state index contributed by atoms with van der Waals surface area (Å²) in [5.74, 6) is 1.25. The molecule has 1 saturated carbocycles. The fourth-order valence-corrected chi connectivity index (χ4v) is 1.29. The van der Waals surface area contributed by atoms with Gasteiger partial charge in [-0.25, -0.2) is 4.98 Å². The second kappa shape index (κ2) is 4.09. The van der Waals surface area contributed by atoms with Crippen LogP contribution in [0.4, 0.5) is 0 Å². The molecular formula is C9H12ClN3O. The number of halogens is 1. The molecule has 1 fully saturated rings. The van der Waals surface area contributed by atoms with Gasteiger partial charge in [0.25, 0.3) is 0 Å². The summed E-state index contributed by atoms with van der Waals surface area (Å²) in [6.45, 7) is 2.65. The minimum absolute atomic E-state index is 0.230. The van der Waals surface area contributed by atoms with Gasteiger partial charge in [0, 0.05) is 5.92 Å². The van der Waals surface area contributed by atoms with Crippen LogP contribution in [0, 0.1) is 0 Å². The molecule has 2 rings (SSSR count). The lowest BCUT2D eigenvalue weighted by molar-refractivity contribution is 0.290. The molecule has 0 radical (unpaired) electrons. The molecule has 1 aromatic rings. The lowest BCUT2D eigenvalue weighted by atomic mass is 10.4. The predicted molar refractivity (Wildman–Crippen MR) is 52.6 cm³/mol. The third-order valence-corrected chi connectivity index (χ3v) is 2.15. The van der Waals surface area contributed by atoms with Crippen LogP contribution in [-0.4, -0.2) is 21.6 Å². The van der Waals surface area contributed by atoms with Crippen molar-refractivity contribution in [1.29, 1.82) is 0 Å². The molecular weight excluding hydrogens is 202 g/mol. The number of nitrogens with zero attached hydrogens (tertiary/aromatic N) is 3. The summed E-state index contributed by atoms with van der Waals surface area (Å²) in [4.78, 5) is 12.2. The summed E-state index contributed by atoms with van der Waals surface area (Å²) in [5.41, 5.74) is 0. The zero-order valence-corrected chi connectivity index (χ0v) is 8.79. The van der Waals surface area contributed by atoms with Crippen molar-refractivity contribution < 1.29 is 4.74 Å². The fourth-order valence-electron chi connectivity index (χ4n) is 1.13. The fraction of sp³-hybridized carbons (Fsp3) is 0.667. The molecule has 0 spiro atoms. The van der Waals surface area contributed by atoms with Crippen molar-refractivity contribution in [2.45, 2.75) is 32.1 Å². The Hall–Kier alpha value is -0.900. The van der Waals surface area contributed by atoms with Crippen molar-refractivity contribution in [2.75, 3.05) is 6.61 Å². The van der Waals surface area contributed by atoms with E-state index >= 15 is 0 Å². The Labute approximate surface area is 87.7 Å². The molecule has 76 valence electrons. The van der Waals surface area contributed by atoms with Gasteiger partial charge < -0.3 is 4.74 Å². The standard InChI is InChI=1S/C9H12ClN3O/c1-2-5-14-9-12-7(6-3-4-6)11-8(10)13-9/h6H,2-5H2,1H3. The molecule has 0 bridgehead atoms. The molecule has 1 aromatic heterocycles. The molecule has 4 nitrogen and oxygen atoms in total. The topological polar surface area (TPSA) is 47.9 Å². The molecule has 1 heterocycles. The zero-order valence-electron chi connectivity index (χ0n) is 8.03. The van der Waals surface area contributed by atoms with E-state index in [1.807, 2.05) is 6.92 Å². The van der Waals surface area contributed by atoms with Gasteiger partial charge in [-0.2, -0.15) is 9.97 Å². The average molecular weight is 214 g/mol. The van der Waals surface area contributed by atoms with Crippen LogP contribution >= 0.6 is 11.6 Å².